The second kappa shape index (κ2) is 9.04. The van der Waals surface area contributed by atoms with Gasteiger partial charge in [0, 0.05) is 16.3 Å². The van der Waals surface area contributed by atoms with Gasteiger partial charge >= 0.3 is 0 Å². The largest absolute Gasteiger partial charge is 0.497 e. The molecule has 0 radical (unpaired) electrons. The molecule has 2 aromatic carbocycles. The molecular weight excluding hydrogens is 354 g/mol. The molecule has 1 atom stereocenters. The lowest BCUT2D eigenvalue weighted by Crippen LogP contribution is -3.07. The molecule has 6 heteroatoms. The van der Waals surface area contributed by atoms with Crippen molar-refractivity contribution in [1.29, 1.82) is 0 Å². The van der Waals surface area contributed by atoms with Gasteiger partial charge in [0.05, 0.1) is 27.7 Å². The van der Waals surface area contributed by atoms with Crippen LogP contribution in [-0.4, -0.2) is 32.9 Å². The zero-order valence-electron chi connectivity index (χ0n) is 15.0. The Morgan fingerprint density at radius 2 is 1.88 bits per heavy atom. The Kier molecular flexibility index (Phi) is 7.05. The summed E-state index contributed by atoms with van der Waals surface area (Å²) in [4.78, 5) is 1.32. The Hall–Kier alpha value is -1.82. The van der Waals surface area contributed by atoms with E-state index < -0.39 is 0 Å². The van der Waals surface area contributed by atoms with E-state index in [0.717, 1.165) is 28.6 Å². The molecule has 0 aliphatic carbocycles. The number of likely N-dealkylation sites (N-methyl/N-ethyl adjacent to an activating group) is 1. The van der Waals surface area contributed by atoms with Gasteiger partial charge in [0.15, 0.2) is 5.11 Å². The van der Waals surface area contributed by atoms with Crippen molar-refractivity contribution < 1.29 is 9.64 Å². The number of nitrogens with one attached hydrogen (secondary N) is 3. The Balaban J connectivity index is 2.00. The summed E-state index contributed by atoms with van der Waals surface area (Å²) in [5.74, 6) is 0.859. The first-order chi connectivity index (χ1) is 11.9. The number of thiocarbonyl (C=S) groups is 1. The zero-order chi connectivity index (χ0) is 18.4. The van der Waals surface area contributed by atoms with Gasteiger partial charge in [-0.1, -0.05) is 17.7 Å². The summed E-state index contributed by atoms with van der Waals surface area (Å²) in [5, 5.41) is 7.84. The van der Waals surface area contributed by atoms with Crippen LogP contribution in [0.1, 0.15) is 17.2 Å². The van der Waals surface area contributed by atoms with Crippen LogP contribution in [0.25, 0.3) is 0 Å². The van der Waals surface area contributed by atoms with E-state index >= 15 is 0 Å². The molecule has 0 spiro atoms. The minimum Gasteiger partial charge on any atom is -0.497 e. The zero-order valence-corrected chi connectivity index (χ0v) is 16.6. The maximum Gasteiger partial charge on any atom is 0.171 e. The number of hydrogen-bond donors (Lipinski definition) is 3. The second-order valence-electron chi connectivity index (χ2n) is 6.15. The Morgan fingerprint density at radius 1 is 1.20 bits per heavy atom. The van der Waals surface area contributed by atoms with E-state index in [1.807, 2.05) is 37.3 Å². The van der Waals surface area contributed by atoms with E-state index in [9.17, 15) is 0 Å². The minimum absolute atomic E-state index is 0.270. The van der Waals surface area contributed by atoms with Gasteiger partial charge in [0.25, 0.3) is 0 Å². The Labute approximate surface area is 160 Å². The quantitative estimate of drug-likeness (QED) is 0.676. The second-order valence-corrected chi connectivity index (χ2v) is 6.97. The molecule has 0 saturated carbocycles. The van der Waals surface area contributed by atoms with Crippen molar-refractivity contribution in [3.63, 3.8) is 0 Å². The highest BCUT2D eigenvalue weighted by Crippen LogP contribution is 2.22. The molecule has 134 valence electrons. The van der Waals surface area contributed by atoms with Gasteiger partial charge in [-0.3, -0.25) is 0 Å². The van der Waals surface area contributed by atoms with Crippen molar-refractivity contribution in [3.05, 3.63) is 58.6 Å². The first-order valence-corrected chi connectivity index (χ1v) is 8.95. The molecule has 0 unspecified atom stereocenters. The average molecular weight is 379 g/mol. The fraction of sp³-hybridized carbons (Fsp3) is 0.316. The third kappa shape index (κ3) is 5.33. The molecule has 0 amide bonds. The molecule has 0 aromatic heterocycles. The fourth-order valence-corrected chi connectivity index (χ4v) is 2.96. The number of rotatable bonds is 6. The maximum absolute atomic E-state index is 6.15. The number of quaternary nitrogens is 1. The number of anilines is 1. The molecule has 3 N–H and O–H groups in total. The Morgan fingerprint density at radius 3 is 2.48 bits per heavy atom. The van der Waals surface area contributed by atoms with Crippen molar-refractivity contribution in [3.8, 4) is 5.75 Å². The van der Waals surface area contributed by atoms with Gasteiger partial charge in [0.2, 0.25) is 0 Å². The third-order valence-corrected chi connectivity index (χ3v) is 4.85. The van der Waals surface area contributed by atoms with Crippen LogP contribution >= 0.6 is 23.8 Å². The lowest BCUT2D eigenvalue weighted by Gasteiger charge is -2.23. The van der Waals surface area contributed by atoms with Crippen molar-refractivity contribution in [1.82, 2.24) is 5.32 Å². The summed E-state index contributed by atoms with van der Waals surface area (Å²) in [5.41, 5.74) is 3.14. The summed E-state index contributed by atoms with van der Waals surface area (Å²) >= 11 is 11.6. The molecule has 4 nitrogen and oxygen atoms in total. The van der Waals surface area contributed by atoms with E-state index in [2.05, 4.69) is 36.9 Å². The lowest BCUT2D eigenvalue weighted by atomic mass is 10.1. The van der Waals surface area contributed by atoms with E-state index in [0.29, 0.717) is 5.11 Å². The summed E-state index contributed by atoms with van der Waals surface area (Å²) < 4.78 is 5.23. The summed E-state index contributed by atoms with van der Waals surface area (Å²) in [6.45, 7) is 2.69. The van der Waals surface area contributed by atoms with Gasteiger partial charge in [0.1, 0.15) is 11.8 Å². The minimum atomic E-state index is 0.270. The third-order valence-electron chi connectivity index (χ3n) is 4.20. The summed E-state index contributed by atoms with van der Waals surface area (Å²) in [7, 11) is 5.94. The highest BCUT2D eigenvalue weighted by molar-refractivity contribution is 7.80. The van der Waals surface area contributed by atoms with Crippen LogP contribution < -0.4 is 20.3 Å². The molecule has 2 rings (SSSR count). The van der Waals surface area contributed by atoms with E-state index in [1.165, 1.54) is 10.5 Å². The Bertz CT molecular complexity index is 719. The molecule has 0 aliphatic rings. The molecular formula is C19H25ClN3OS+. The molecule has 0 bridgehead atoms. The normalized spacial score (nSPS) is 11.9. The molecule has 25 heavy (non-hydrogen) atoms. The molecule has 0 fully saturated rings. The fourth-order valence-electron chi connectivity index (χ4n) is 2.60. The summed E-state index contributed by atoms with van der Waals surface area (Å²) in [6.07, 6.45) is 0. The van der Waals surface area contributed by atoms with Gasteiger partial charge in [-0.2, -0.15) is 0 Å². The number of methoxy groups -OCH3 is 1. The van der Waals surface area contributed by atoms with Crippen LogP contribution in [0.5, 0.6) is 5.75 Å². The first kappa shape index (κ1) is 19.5. The number of hydrogen-bond acceptors (Lipinski definition) is 2. The average Bonchev–Trinajstić information content (AvgIpc) is 2.59. The monoisotopic (exact) mass is 378 g/mol. The topological polar surface area (TPSA) is 37.7 Å². The lowest BCUT2D eigenvalue weighted by molar-refractivity contribution is -0.890. The highest BCUT2D eigenvalue weighted by atomic mass is 35.5. The van der Waals surface area contributed by atoms with Crippen molar-refractivity contribution in [2.24, 2.45) is 0 Å². The number of halogens is 1. The predicted octanol–water partition coefficient (Wildman–Crippen LogP) is 2.83. The van der Waals surface area contributed by atoms with Gasteiger partial charge in [-0.05, 0) is 61.1 Å². The van der Waals surface area contributed by atoms with Crippen LogP contribution in [0, 0.1) is 6.92 Å². The van der Waals surface area contributed by atoms with E-state index in [1.54, 1.807) is 7.11 Å². The first-order valence-electron chi connectivity index (χ1n) is 8.16. The van der Waals surface area contributed by atoms with Gasteiger partial charge < -0.3 is 20.3 Å². The molecule has 0 heterocycles. The van der Waals surface area contributed by atoms with Crippen LogP contribution in [0.15, 0.2) is 42.5 Å². The number of ether oxygens (including phenoxy) is 1. The summed E-state index contributed by atoms with van der Waals surface area (Å²) in [6, 6.07) is 14.2. The van der Waals surface area contributed by atoms with Crippen LogP contribution in [0.2, 0.25) is 5.02 Å². The van der Waals surface area contributed by atoms with Crippen molar-refractivity contribution in [2.75, 3.05) is 33.1 Å². The predicted molar refractivity (Wildman–Crippen MR) is 109 cm³/mol. The van der Waals surface area contributed by atoms with Crippen LogP contribution in [0.3, 0.4) is 0 Å². The smallest absolute Gasteiger partial charge is 0.171 e. The number of benzene rings is 2. The molecule has 2 aromatic rings. The standard InChI is InChI=1S/C19H24ClN3OS/c1-13-16(20)6-5-7-17(13)22-19(25)21-12-18(23(2)3)14-8-10-15(24-4)11-9-14/h5-11,18H,12H2,1-4H3,(H2,21,22,25)/p+1/t18-/m0/s1. The maximum atomic E-state index is 6.15. The molecule has 0 saturated heterocycles. The SMILES string of the molecule is COc1ccc([C@H](CNC(=S)Nc2cccc(Cl)c2C)[NH+](C)C)cc1. The highest BCUT2D eigenvalue weighted by Gasteiger charge is 2.18. The van der Waals surface area contributed by atoms with Gasteiger partial charge in [-0.15, -0.1) is 0 Å². The van der Waals surface area contributed by atoms with Crippen LogP contribution in [-0.2, 0) is 0 Å². The molecule has 0 aliphatic heterocycles. The van der Waals surface area contributed by atoms with Crippen molar-refractivity contribution in [2.45, 2.75) is 13.0 Å². The van der Waals surface area contributed by atoms with E-state index in [4.69, 9.17) is 28.6 Å². The van der Waals surface area contributed by atoms with Gasteiger partial charge in [-0.25, -0.2) is 0 Å². The van der Waals surface area contributed by atoms with Crippen LogP contribution in [0.4, 0.5) is 5.69 Å². The van der Waals surface area contributed by atoms with E-state index in [-0.39, 0.29) is 6.04 Å². The van der Waals surface area contributed by atoms with Crippen molar-refractivity contribution >= 4 is 34.6 Å².